The summed E-state index contributed by atoms with van der Waals surface area (Å²) in [6.07, 6.45) is 1.94. The molecule has 0 rings (SSSR count). The minimum Gasteiger partial charge on any atom is -0.339 e. The number of likely N-dealkylation sites (N-methyl/N-ethyl adjacent to an activating group) is 1. The monoisotopic (exact) mass is 201 g/mol. The fraction of sp³-hybridized carbons (Fsp3) is 0.727. The van der Waals surface area contributed by atoms with E-state index in [2.05, 4.69) is 27.4 Å². The van der Waals surface area contributed by atoms with Crippen LogP contribution in [0.3, 0.4) is 0 Å². The third-order valence-corrected chi connectivity index (χ3v) is 2.90. The largest absolute Gasteiger partial charge is 0.339 e. The fourth-order valence-corrected chi connectivity index (χ4v) is 1.33. The first-order chi connectivity index (χ1) is 6.36. The summed E-state index contributed by atoms with van der Waals surface area (Å²) in [4.78, 5) is 12.6. The summed E-state index contributed by atoms with van der Waals surface area (Å²) in [5.41, 5.74) is 0.0693. The molecule has 0 aliphatic carbocycles. The summed E-state index contributed by atoms with van der Waals surface area (Å²) in [7, 11) is 1.61. The standard InChI is InChI=1S/C11H20FNO/c1-6-11(4,7-2)8-13(5)10(14)9(3)12/h3,6-8H2,1-2,4-5H3. The van der Waals surface area contributed by atoms with Crippen molar-refractivity contribution in [3.8, 4) is 0 Å². The molecule has 0 N–H and O–H groups in total. The van der Waals surface area contributed by atoms with Gasteiger partial charge in [-0.25, -0.2) is 4.39 Å². The number of rotatable bonds is 5. The number of amides is 1. The zero-order valence-electron chi connectivity index (χ0n) is 9.56. The molecule has 0 radical (unpaired) electrons. The fourth-order valence-electron chi connectivity index (χ4n) is 1.33. The van der Waals surface area contributed by atoms with Crippen molar-refractivity contribution < 1.29 is 9.18 Å². The van der Waals surface area contributed by atoms with Crippen molar-refractivity contribution >= 4 is 5.91 Å². The Labute approximate surface area is 85.8 Å². The van der Waals surface area contributed by atoms with Crippen molar-refractivity contribution in [1.29, 1.82) is 0 Å². The number of halogens is 1. The minimum atomic E-state index is -0.887. The van der Waals surface area contributed by atoms with Crippen LogP contribution in [0, 0.1) is 5.41 Å². The highest BCUT2D eigenvalue weighted by Gasteiger charge is 2.24. The summed E-state index contributed by atoms with van der Waals surface area (Å²) in [5.74, 6) is -1.50. The lowest BCUT2D eigenvalue weighted by Gasteiger charge is -2.31. The Kier molecular flexibility index (Phi) is 4.81. The predicted octanol–water partition coefficient (Wildman–Crippen LogP) is 2.75. The Balaban J connectivity index is 4.37. The summed E-state index contributed by atoms with van der Waals surface area (Å²) in [6.45, 7) is 9.82. The molecule has 3 heteroatoms. The molecule has 0 atom stereocenters. The highest BCUT2D eigenvalue weighted by atomic mass is 19.1. The zero-order chi connectivity index (χ0) is 11.4. The summed E-state index contributed by atoms with van der Waals surface area (Å²) >= 11 is 0. The van der Waals surface area contributed by atoms with Crippen molar-refractivity contribution in [3.63, 3.8) is 0 Å². The van der Waals surface area contributed by atoms with Crippen LogP contribution in [0.4, 0.5) is 4.39 Å². The summed E-state index contributed by atoms with van der Waals surface area (Å²) < 4.78 is 12.5. The van der Waals surface area contributed by atoms with Crippen molar-refractivity contribution in [2.75, 3.05) is 13.6 Å². The van der Waals surface area contributed by atoms with Crippen molar-refractivity contribution in [2.24, 2.45) is 5.41 Å². The van der Waals surface area contributed by atoms with E-state index in [9.17, 15) is 9.18 Å². The van der Waals surface area contributed by atoms with E-state index in [1.165, 1.54) is 4.90 Å². The van der Waals surface area contributed by atoms with Crippen LogP contribution in [-0.2, 0) is 4.79 Å². The van der Waals surface area contributed by atoms with Gasteiger partial charge >= 0.3 is 0 Å². The van der Waals surface area contributed by atoms with E-state index >= 15 is 0 Å². The molecule has 0 aliphatic heterocycles. The molecule has 0 bridgehead atoms. The van der Waals surface area contributed by atoms with Crippen molar-refractivity contribution in [2.45, 2.75) is 33.6 Å². The van der Waals surface area contributed by atoms with Gasteiger partial charge in [0.2, 0.25) is 0 Å². The zero-order valence-corrected chi connectivity index (χ0v) is 9.56. The van der Waals surface area contributed by atoms with Crippen LogP contribution in [0.5, 0.6) is 0 Å². The molecule has 2 nitrogen and oxygen atoms in total. The van der Waals surface area contributed by atoms with Gasteiger partial charge in [0, 0.05) is 13.6 Å². The molecular weight excluding hydrogens is 181 g/mol. The topological polar surface area (TPSA) is 20.3 Å². The molecular formula is C11H20FNO. The van der Waals surface area contributed by atoms with Crippen LogP contribution < -0.4 is 0 Å². The van der Waals surface area contributed by atoms with E-state index in [4.69, 9.17) is 0 Å². The maximum absolute atomic E-state index is 12.5. The number of carbonyl (C=O) groups excluding carboxylic acids is 1. The van der Waals surface area contributed by atoms with Gasteiger partial charge in [0.1, 0.15) is 0 Å². The van der Waals surface area contributed by atoms with Crippen LogP contribution >= 0.6 is 0 Å². The van der Waals surface area contributed by atoms with Gasteiger partial charge in [-0.2, -0.15) is 0 Å². The maximum atomic E-state index is 12.5. The first kappa shape index (κ1) is 13.1. The van der Waals surface area contributed by atoms with E-state index in [0.717, 1.165) is 12.8 Å². The molecule has 0 saturated heterocycles. The van der Waals surface area contributed by atoms with Gasteiger partial charge in [-0.3, -0.25) is 4.79 Å². The number of hydrogen-bond donors (Lipinski definition) is 0. The van der Waals surface area contributed by atoms with Gasteiger partial charge < -0.3 is 4.90 Å². The normalized spacial score (nSPS) is 11.2. The maximum Gasteiger partial charge on any atom is 0.281 e. The average Bonchev–Trinajstić information content (AvgIpc) is 2.16. The second-order valence-corrected chi connectivity index (χ2v) is 4.08. The molecule has 0 saturated carbocycles. The van der Waals surface area contributed by atoms with Crippen LogP contribution in [0.25, 0.3) is 0 Å². The van der Waals surface area contributed by atoms with Gasteiger partial charge in [-0.1, -0.05) is 27.4 Å². The van der Waals surface area contributed by atoms with Gasteiger partial charge in [0.15, 0.2) is 5.83 Å². The number of hydrogen-bond acceptors (Lipinski definition) is 1. The van der Waals surface area contributed by atoms with E-state index in [1.807, 2.05) is 0 Å². The van der Waals surface area contributed by atoms with Crippen molar-refractivity contribution in [3.05, 3.63) is 12.4 Å². The lowest BCUT2D eigenvalue weighted by atomic mass is 9.84. The Morgan fingerprint density at radius 2 is 1.86 bits per heavy atom. The molecule has 0 aromatic rings. The van der Waals surface area contributed by atoms with E-state index in [1.54, 1.807) is 7.05 Å². The van der Waals surface area contributed by atoms with Gasteiger partial charge in [0.05, 0.1) is 0 Å². The number of carbonyl (C=O) groups is 1. The smallest absolute Gasteiger partial charge is 0.281 e. The van der Waals surface area contributed by atoms with Crippen molar-refractivity contribution in [1.82, 2.24) is 4.90 Å². The minimum absolute atomic E-state index is 0.0693. The molecule has 1 amide bonds. The molecule has 0 aliphatic rings. The van der Waals surface area contributed by atoms with E-state index in [0.29, 0.717) is 6.54 Å². The Hall–Kier alpha value is -0.860. The molecule has 0 aromatic carbocycles. The number of nitrogens with zero attached hydrogens (tertiary/aromatic N) is 1. The summed E-state index contributed by atoms with van der Waals surface area (Å²) in [5, 5.41) is 0. The SMILES string of the molecule is C=C(F)C(=O)N(C)CC(C)(CC)CC. The molecule has 0 heterocycles. The van der Waals surface area contributed by atoms with Gasteiger partial charge in [-0.05, 0) is 18.3 Å². The van der Waals surface area contributed by atoms with Crippen LogP contribution in [-0.4, -0.2) is 24.4 Å². The van der Waals surface area contributed by atoms with Gasteiger partial charge in [0.25, 0.3) is 5.91 Å². The Morgan fingerprint density at radius 3 is 2.14 bits per heavy atom. The molecule has 82 valence electrons. The second-order valence-electron chi connectivity index (χ2n) is 4.08. The molecule has 0 unspecified atom stereocenters. The van der Waals surface area contributed by atoms with Crippen LogP contribution in [0.1, 0.15) is 33.6 Å². The molecule has 0 fully saturated rings. The Morgan fingerprint density at radius 1 is 1.43 bits per heavy atom. The Bertz CT molecular complexity index is 221. The third kappa shape index (κ3) is 3.48. The first-order valence-corrected chi connectivity index (χ1v) is 4.96. The predicted molar refractivity (Wildman–Crippen MR) is 56.6 cm³/mol. The highest BCUT2D eigenvalue weighted by molar-refractivity contribution is 5.90. The average molecular weight is 201 g/mol. The van der Waals surface area contributed by atoms with E-state index in [-0.39, 0.29) is 5.41 Å². The quantitative estimate of drug-likeness (QED) is 0.626. The lowest BCUT2D eigenvalue weighted by molar-refractivity contribution is -0.128. The molecule has 0 aromatic heterocycles. The molecule has 0 spiro atoms. The van der Waals surface area contributed by atoms with Crippen LogP contribution in [0.2, 0.25) is 0 Å². The highest BCUT2D eigenvalue weighted by Crippen LogP contribution is 2.26. The van der Waals surface area contributed by atoms with E-state index < -0.39 is 11.7 Å². The third-order valence-electron chi connectivity index (χ3n) is 2.90. The molecule has 14 heavy (non-hydrogen) atoms. The van der Waals surface area contributed by atoms with Crippen LogP contribution in [0.15, 0.2) is 12.4 Å². The lowest BCUT2D eigenvalue weighted by Crippen LogP contribution is -2.36. The first-order valence-electron chi connectivity index (χ1n) is 4.96. The van der Waals surface area contributed by atoms with Gasteiger partial charge in [-0.15, -0.1) is 0 Å². The summed E-state index contributed by atoms with van der Waals surface area (Å²) in [6, 6.07) is 0. The second kappa shape index (κ2) is 5.13.